The fourth-order valence-corrected chi connectivity index (χ4v) is 4.43. The third-order valence-electron chi connectivity index (χ3n) is 5.51. The highest BCUT2D eigenvalue weighted by Crippen LogP contribution is 2.43. The largest absolute Gasteiger partial charge is 0.433 e. The molecule has 0 spiro atoms. The highest BCUT2D eigenvalue weighted by molar-refractivity contribution is 7.89. The highest BCUT2D eigenvalue weighted by Gasteiger charge is 2.40. The Bertz CT molecular complexity index is 1230. The molecule has 1 aliphatic heterocycles. The predicted molar refractivity (Wildman–Crippen MR) is 118 cm³/mol. The van der Waals surface area contributed by atoms with Crippen molar-refractivity contribution < 1.29 is 26.3 Å². The fourth-order valence-electron chi connectivity index (χ4n) is 3.92. The number of ether oxygens (including phenoxy) is 1. The molecule has 1 fully saturated rings. The van der Waals surface area contributed by atoms with Crippen LogP contribution in [-0.4, -0.2) is 44.5 Å². The van der Waals surface area contributed by atoms with Crippen LogP contribution in [0.1, 0.15) is 12.6 Å². The molecule has 1 aliphatic rings. The number of aryl methyl sites for hydroxylation is 1. The Kier molecular flexibility index (Phi) is 6.21. The van der Waals surface area contributed by atoms with Crippen molar-refractivity contribution >= 4 is 15.7 Å². The summed E-state index contributed by atoms with van der Waals surface area (Å²) in [6, 6.07) is 12.2. The number of primary sulfonamides is 1. The van der Waals surface area contributed by atoms with E-state index in [0.717, 1.165) is 10.4 Å². The minimum atomic E-state index is -4.64. The van der Waals surface area contributed by atoms with Crippen molar-refractivity contribution in [3.05, 3.63) is 54.2 Å². The quantitative estimate of drug-likeness (QED) is 0.601. The molecule has 1 aromatic heterocycles. The van der Waals surface area contributed by atoms with Crippen LogP contribution in [0.25, 0.3) is 22.4 Å². The maximum Gasteiger partial charge on any atom is 0.433 e. The number of benzene rings is 2. The third-order valence-corrected chi connectivity index (χ3v) is 6.44. The molecule has 2 aromatic carbocycles. The van der Waals surface area contributed by atoms with Crippen molar-refractivity contribution in [2.45, 2.75) is 24.5 Å². The van der Waals surface area contributed by atoms with Gasteiger partial charge in [0.05, 0.1) is 18.1 Å². The number of aromatic nitrogens is 2. The van der Waals surface area contributed by atoms with E-state index in [2.05, 4.69) is 10.00 Å². The zero-order valence-electron chi connectivity index (χ0n) is 17.8. The first kappa shape index (κ1) is 23.3. The van der Waals surface area contributed by atoms with E-state index in [9.17, 15) is 21.6 Å². The Morgan fingerprint density at radius 3 is 2.09 bits per heavy atom. The summed E-state index contributed by atoms with van der Waals surface area (Å²) in [6.45, 7) is 4.22. The molecule has 176 valence electrons. The average Bonchev–Trinajstić information content (AvgIpc) is 3.20. The summed E-state index contributed by atoms with van der Waals surface area (Å²) >= 11 is 0. The second kappa shape index (κ2) is 8.81. The van der Waals surface area contributed by atoms with E-state index in [1.165, 1.54) is 24.3 Å². The van der Waals surface area contributed by atoms with Gasteiger partial charge in [-0.05, 0) is 36.8 Å². The number of rotatable bonds is 5. The van der Waals surface area contributed by atoms with Gasteiger partial charge >= 0.3 is 6.18 Å². The Hall–Kier alpha value is -2.89. The van der Waals surface area contributed by atoms with Crippen LogP contribution < -0.4 is 10.0 Å². The lowest BCUT2D eigenvalue weighted by atomic mass is 9.98. The van der Waals surface area contributed by atoms with Gasteiger partial charge in [-0.15, -0.1) is 0 Å². The van der Waals surface area contributed by atoms with Crippen molar-refractivity contribution in [3.8, 4) is 22.4 Å². The number of sulfonamides is 1. The number of nitrogens with zero attached hydrogens (tertiary/aromatic N) is 3. The smallest absolute Gasteiger partial charge is 0.378 e. The molecule has 4 rings (SSSR count). The van der Waals surface area contributed by atoms with E-state index in [0.29, 0.717) is 37.4 Å². The second-order valence-corrected chi connectivity index (χ2v) is 9.16. The maximum absolute atomic E-state index is 14.1. The molecule has 0 aliphatic carbocycles. The van der Waals surface area contributed by atoms with E-state index < -0.39 is 21.9 Å². The SMILES string of the molecule is CCn1nc(-c2ccc(S(N)(=O)=O)cc2)c(-c2ccc(N3CCOCC3)cc2)c1C(F)(F)F. The lowest BCUT2D eigenvalue weighted by Crippen LogP contribution is -2.36. The molecule has 2 N–H and O–H groups in total. The minimum Gasteiger partial charge on any atom is -0.378 e. The van der Waals surface area contributed by atoms with Gasteiger partial charge in [-0.25, -0.2) is 13.6 Å². The zero-order chi connectivity index (χ0) is 23.8. The summed E-state index contributed by atoms with van der Waals surface area (Å²) in [6.07, 6.45) is -4.64. The van der Waals surface area contributed by atoms with Gasteiger partial charge in [0.2, 0.25) is 10.0 Å². The van der Waals surface area contributed by atoms with Gasteiger partial charge in [0.25, 0.3) is 0 Å². The lowest BCUT2D eigenvalue weighted by molar-refractivity contribution is -0.143. The van der Waals surface area contributed by atoms with Gasteiger partial charge in [-0.2, -0.15) is 18.3 Å². The Morgan fingerprint density at radius 2 is 1.58 bits per heavy atom. The predicted octanol–water partition coefficient (Wildman–Crippen LogP) is 3.74. The van der Waals surface area contributed by atoms with E-state index in [1.54, 1.807) is 31.2 Å². The first-order valence-corrected chi connectivity index (χ1v) is 11.9. The Morgan fingerprint density at radius 1 is 1.00 bits per heavy atom. The van der Waals surface area contributed by atoms with E-state index in [4.69, 9.17) is 9.88 Å². The molecule has 1 saturated heterocycles. The van der Waals surface area contributed by atoms with Crippen molar-refractivity contribution in [3.63, 3.8) is 0 Å². The topological polar surface area (TPSA) is 90.5 Å². The molecule has 0 unspecified atom stereocenters. The van der Waals surface area contributed by atoms with E-state index >= 15 is 0 Å². The average molecular weight is 481 g/mol. The van der Waals surface area contributed by atoms with Gasteiger partial charge in [0, 0.05) is 36.4 Å². The van der Waals surface area contributed by atoms with Gasteiger partial charge in [-0.3, -0.25) is 4.68 Å². The number of hydrogen-bond acceptors (Lipinski definition) is 5. The summed E-state index contributed by atoms with van der Waals surface area (Å²) in [4.78, 5) is 1.98. The number of hydrogen-bond donors (Lipinski definition) is 1. The Balaban J connectivity index is 1.84. The summed E-state index contributed by atoms with van der Waals surface area (Å²) in [5.41, 5.74) is 0.828. The molecule has 0 radical (unpaired) electrons. The van der Waals surface area contributed by atoms with Gasteiger partial charge in [0.1, 0.15) is 5.69 Å². The van der Waals surface area contributed by atoms with Gasteiger partial charge < -0.3 is 9.64 Å². The van der Waals surface area contributed by atoms with Crippen LogP contribution in [0.4, 0.5) is 18.9 Å². The van der Waals surface area contributed by atoms with E-state index in [1.807, 2.05) is 0 Å². The standard InChI is InChI=1S/C22H23F3N4O3S/c1-2-29-21(22(23,24)25)19(15-3-7-17(8-4-15)28-11-13-32-14-12-28)20(27-29)16-5-9-18(10-6-16)33(26,30)31/h3-10H,2,11-14H2,1H3,(H2,26,30,31). The first-order chi connectivity index (χ1) is 15.6. The fraction of sp³-hybridized carbons (Fsp3) is 0.318. The van der Waals surface area contributed by atoms with Crippen LogP contribution in [0.3, 0.4) is 0 Å². The van der Waals surface area contributed by atoms with Crippen molar-refractivity contribution in [2.24, 2.45) is 5.14 Å². The number of halogens is 3. The van der Waals surface area contributed by atoms with Crippen LogP contribution in [-0.2, 0) is 27.5 Å². The van der Waals surface area contributed by atoms with Crippen LogP contribution in [0, 0.1) is 0 Å². The molecule has 7 nitrogen and oxygen atoms in total. The van der Waals surface area contributed by atoms with Crippen LogP contribution in [0.5, 0.6) is 0 Å². The van der Waals surface area contributed by atoms with Crippen molar-refractivity contribution in [1.82, 2.24) is 9.78 Å². The third kappa shape index (κ3) is 4.75. The Labute approximate surface area is 189 Å². The summed E-state index contributed by atoms with van der Waals surface area (Å²) in [7, 11) is -3.93. The number of anilines is 1. The lowest BCUT2D eigenvalue weighted by Gasteiger charge is -2.29. The minimum absolute atomic E-state index is 0.0168. The molecular formula is C22H23F3N4O3S. The number of morpholine rings is 1. The van der Waals surface area contributed by atoms with Crippen LogP contribution >= 0.6 is 0 Å². The summed E-state index contributed by atoms with van der Waals surface area (Å²) < 4.78 is 71.8. The molecule has 0 saturated carbocycles. The molecule has 11 heteroatoms. The zero-order valence-corrected chi connectivity index (χ0v) is 18.7. The second-order valence-electron chi connectivity index (χ2n) is 7.60. The monoisotopic (exact) mass is 480 g/mol. The molecule has 0 atom stereocenters. The van der Waals surface area contributed by atoms with Crippen molar-refractivity contribution in [2.75, 3.05) is 31.2 Å². The van der Waals surface area contributed by atoms with Crippen LogP contribution in [0.2, 0.25) is 0 Å². The summed E-state index contributed by atoms with van der Waals surface area (Å²) in [5, 5.41) is 9.38. The maximum atomic E-state index is 14.1. The first-order valence-electron chi connectivity index (χ1n) is 10.3. The van der Waals surface area contributed by atoms with Gasteiger partial charge in [-0.1, -0.05) is 24.3 Å². The molecule has 33 heavy (non-hydrogen) atoms. The number of alkyl halides is 3. The normalized spacial score (nSPS) is 15.1. The van der Waals surface area contributed by atoms with Crippen molar-refractivity contribution in [1.29, 1.82) is 0 Å². The molecular weight excluding hydrogens is 457 g/mol. The highest BCUT2D eigenvalue weighted by atomic mass is 32.2. The number of nitrogens with two attached hydrogens (primary N) is 1. The molecule has 0 amide bonds. The van der Waals surface area contributed by atoms with Gasteiger partial charge in [0.15, 0.2) is 5.69 Å². The molecule has 0 bridgehead atoms. The summed E-state index contributed by atoms with van der Waals surface area (Å²) in [5.74, 6) is 0. The van der Waals surface area contributed by atoms with Crippen LogP contribution in [0.15, 0.2) is 53.4 Å². The van der Waals surface area contributed by atoms with E-state index in [-0.39, 0.29) is 22.7 Å². The molecule has 3 aromatic rings. The molecule has 2 heterocycles.